The second-order valence-electron chi connectivity index (χ2n) is 8.35. The van der Waals surface area contributed by atoms with Crippen molar-refractivity contribution in [1.29, 1.82) is 0 Å². The lowest BCUT2D eigenvalue weighted by Crippen LogP contribution is -2.31. The molecule has 3 rings (SSSR count). The number of hydrogen-bond acceptors (Lipinski definition) is 12. The summed E-state index contributed by atoms with van der Waals surface area (Å²) in [4.78, 5) is 38.9. The van der Waals surface area contributed by atoms with Crippen LogP contribution in [0.4, 0.5) is 0 Å². The molecule has 1 atom stereocenters. The van der Waals surface area contributed by atoms with E-state index < -0.39 is 37.2 Å². The van der Waals surface area contributed by atoms with Gasteiger partial charge >= 0.3 is 17.9 Å². The van der Waals surface area contributed by atoms with Crippen molar-refractivity contribution in [3.05, 3.63) is 71.3 Å². The summed E-state index contributed by atoms with van der Waals surface area (Å²) < 4.78 is 48.4. The quantitative estimate of drug-likeness (QED) is 0.200. The Labute approximate surface area is 242 Å². The highest BCUT2D eigenvalue weighted by Gasteiger charge is 2.28. The number of carbonyl (C=O) groups excluding carboxylic acids is 3. The van der Waals surface area contributed by atoms with Gasteiger partial charge in [-0.15, -0.1) is 0 Å². The van der Waals surface area contributed by atoms with Gasteiger partial charge in [-0.2, -0.15) is 0 Å². The van der Waals surface area contributed by atoms with Crippen LogP contribution in [-0.4, -0.2) is 79.9 Å². The number of esters is 3. The Hall–Kier alpha value is -5.13. The second kappa shape index (κ2) is 15.0. The van der Waals surface area contributed by atoms with E-state index in [1.165, 1.54) is 66.9 Å². The molecule has 0 saturated heterocycles. The molecule has 0 N–H and O–H groups in total. The molecule has 42 heavy (non-hydrogen) atoms. The van der Waals surface area contributed by atoms with Crippen LogP contribution in [0.3, 0.4) is 0 Å². The SMILES string of the molecule is COc1ccc(C(=O)OCC(COC(=O)c2ccccc2)OC(=O)c2ccc(OC)c(OC)c2OC)c(OC)c1OC. The van der Waals surface area contributed by atoms with E-state index in [4.69, 9.17) is 42.6 Å². The molecule has 1 unspecified atom stereocenters. The number of carbonyl (C=O) groups is 3. The Bertz CT molecular complexity index is 1390. The van der Waals surface area contributed by atoms with Crippen LogP contribution in [0.25, 0.3) is 0 Å². The molecule has 12 nitrogen and oxygen atoms in total. The minimum atomic E-state index is -1.21. The van der Waals surface area contributed by atoms with Crippen molar-refractivity contribution >= 4 is 17.9 Å². The summed E-state index contributed by atoms with van der Waals surface area (Å²) in [5.74, 6) is -1.14. The van der Waals surface area contributed by atoms with Crippen molar-refractivity contribution in [2.75, 3.05) is 55.9 Å². The van der Waals surface area contributed by atoms with Gasteiger partial charge in [0.2, 0.25) is 11.5 Å². The fourth-order valence-corrected chi connectivity index (χ4v) is 3.93. The lowest BCUT2D eigenvalue weighted by atomic mass is 10.1. The van der Waals surface area contributed by atoms with Gasteiger partial charge in [0, 0.05) is 0 Å². The minimum Gasteiger partial charge on any atom is -0.493 e. The molecule has 0 aliphatic carbocycles. The molecular formula is C30H32O12. The monoisotopic (exact) mass is 584 g/mol. The van der Waals surface area contributed by atoms with Gasteiger partial charge in [-0.1, -0.05) is 18.2 Å². The molecule has 0 aromatic heterocycles. The van der Waals surface area contributed by atoms with Crippen LogP contribution in [0.15, 0.2) is 54.6 Å². The molecule has 0 bridgehead atoms. The van der Waals surface area contributed by atoms with E-state index in [1.807, 2.05) is 0 Å². The van der Waals surface area contributed by atoms with Crippen molar-refractivity contribution in [2.45, 2.75) is 6.10 Å². The molecule has 0 fully saturated rings. The number of methoxy groups -OCH3 is 6. The van der Waals surface area contributed by atoms with E-state index in [0.29, 0.717) is 11.5 Å². The van der Waals surface area contributed by atoms with Gasteiger partial charge in [-0.25, -0.2) is 14.4 Å². The highest BCUT2D eigenvalue weighted by Crippen LogP contribution is 2.41. The highest BCUT2D eigenvalue weighted by atomic mass is 16.6. The summed E-state index contributed by atoms with van der Waals surface area (Å²) in [6.07, 6.45) is -1.21. The average Bonchev–Trinajstić information content (AvgIpc) is 3.03. The molecule has 0 aliphatic rings. The summed E-state index contributed by atoms with van der Waals surface area (Å²) in [5, 5.41) is 0. The Kier molecular flexibility index (Phi) is 11.2. The Morgan fingerprint density at radius 2 is 0.976 bits per heavy atom. The van der Waals surface area contributed by atoms with Gasteiger partial charge in [-0.05, 0) is 36.4 Å². The fourth-order valence-electron chi connectivity index (χ4n) is 3.93. The Morgan fingerprint density at radius 1 is 0.524 bits per heavy atom. The minimum absolute atomic E-state index is 0.00224. The molecule has 0 spiro atoms. The normalized spacial score (nSPS) is 11.0. The zero-order chi connectivity index (χ0) is 30.6. The predicted octanol–water partition coefficient (Wildman–Crippen LogP) is 3.98. The largest absolute Gasteiger partial charge is 0.493 e. The zero-order valence-electron chi connectivity index (χ0n) is 24.1. The molecule has 0 heterocycles. The first kappa shape index (κ1) is 31.4. The third-order valence-electron chi connectivity index (χ3n) is 5.93. The Balaban J connectivity index is 1.85. The van der Waals surface area contributed by atoms with Crippen LogP contribution in [-0.2, 0) is 14.2 Å². The molecule has 0 amide bonds. The van der Waals surface area contributed by atoms with Gasteiger partial charge in [0.25, 0.3) is 0 Å². The van der Waals surface area contributed by atoms with Crippen molar-refractivity contribution < 1.29 is 57.0 Å². The number of ether oxygens (including phenoxy) is 9. The van der Waals surface area contributed by atoms with Crippen molar-refractivity contribution in [2.24, 2.45) is 0 Å². The van der Waals surface area contributed by atoms with Gasteiger partial charge in [0.15, 0.2) is 29.1 Å². The lowest BCUT2D eigenvalue weighted by Gasteiger charge is -2.20. The van der Waals surface area contributed by atoms with Gasteiger partial charge < -0.3 is 42.6 Å². The smallest absolute Gasteiger partial charge is 0.342 e. The molecule has 0 radical (unpaired) electrons. The number of hydrogen-bond donors (Lipinski definition) is 0. The Morgan fingerprint density at radius 3 is 1.43 bits per heavy atom. The topological polar surface area (TPSA) is 134 Å². The van der Waals surface area contributed by atoms with Gasteiger partial charge in [0.1, 0.15) is 24.3 Å². The van der Waals surface area contributed by atoms with E-state index in [-0.39, 0.29) is 39.7 Å². The second-order valence-corrected chi connectivity index (χ2v) is 8.35. The molecule has 3 aromatic carbocycles. The third-order valence-corrected chi connectivity index (χ3v) is 5.93. The third kappa shape index (κ3) is 7.14. The average molecular weight is 585 g/mol. The van der Waals surface area contributed by atoms with Crippen LogP contribution in [0.5, 0.6) is 34.5 Å². The zero-order valence-corrected chi connectivity index (χ0v) is 24.1. The molecule has 0 saturated carbocycles. The number of rotatable bonds is 14. The summed E-state index contributed by atoms with van der Waals surface area (Å²) in [7, 11) is 8.38. The summed E-state index contributed by atoms with van der Waals surface area (Å²) in [6, 6.07) is 14.1. The van der Waals surface area contributed by atoms with Crippen molar-refractivity contribution in [1.82, 2.24) is 0 Å². The first-order chi connectivity index (χ1) is 20.3. The summed E-state index contributed by atoms with van der Waals surface area (Å²) in [6.45, 7) is -0.898. The van der Waals surface area contributed by atoms with Crippen molar-refractivity contribution in [3.63, 3.8) is 0 Å². The fraction of sp³-hybridized carbons (Fsp3) is 0.300. The van der Waals surface area contributed by atoms with E-state index in [2.05, 4.69) is 0 Å². The maximum atomic E-state index is 13.3. The molecule has 3 aromatic rings. The van der Waals surface area contributed by atoms with Crippen LogP contribution in [0.2, 0.25) is 0 Å². The standard InChI is InChI=1S/C30H32O12/c1-34-22-14-12-20(24(36-3)26(22)38-5)29(32)41-17-19(16-40-28(31)18-10-8-7-9-11-18)42-30(33)21-13-15-23(35-2)27(39-6)25(21)37-4/h7-15,19H,16-17H2,1-6H3. The molecular weight excluding hydrogens is 552 g/mol. The maximum absolute atomic E-state index is 13.3. The summed E-state index contributed by atoms with van der Waals surface area (Å²) >= 11 is 0. The molecule has 0 aliphatic heterocycles. The van der Waals surface area contributed by atoms with Crippen LogP contribution >= 0.6 is 0 Å². The van der Waals surface area contributed by atoms with Crippen LogP contribution in [0, 0.1) is 0 Å². The summed E-state index contributed by atoms with van der Waals surface area (Å²) in [5.41, 5.74) is 0.321. The van der Waals surface area contributed by atoms with Gasteiger partial charge in [0.05, 0.1) is 48.2 Å². The first-order valence-corrected chi connectivity index (χ1v) is 12.5. The molecule has 12 heteroatoms. The lowest BCUT2D eigenvalue weighted by molar-refractivity contribution is -0.0256. The van der Waals surface area contributed by atoms with E-state index >= 15 is 0 Å². The highest BCUT2D eigenvalue weighted by molar-refractivity contribution is 5.95. The predicted molar refractivity (Wildman–Crippen MR) is 148 cm³/mol. The maximum Gasteiger partial charge on any atom is 0.342 e. The van der Waals surface area contributed by atoms with E-state index in [9.17, 15) is 14.4 Å². The van der Waals surface area contributed by atoms with Crippen LogP contribution < -0.4 is 28.4 Å². The number of benzene rings is 3. The van der Waals surface area contributed by atoms with E-state index in [0.717, 1.165) is 0 Å². The van der Waals surface area contributed by atoms with Crippen LogP contribution in [0.1, 0.15) is 31.1 Å². The van der Waals surface area contributed by atoms with Gasteiger partial charge in [-0.3, -0.25) is 0 Å². The first-order valence-electron chi connectivity index (χ1n) is 12.5. The molecule has 224 valence electrons. The van der Waals surface area contributed by atoms with E-state index in [1.54, 1.807) is 30.3 Å². The van der Waals surface area contributed by atoms with Crippen molar-refractivity contribution in [3.8, 4) is 34.5 Å².